The van der Waals surface area contributed by atoms with Gasteiger partial charge in [-0.1, -0.05) is 56.9 Å². The van der Waals surface area contributed by atoms with Crippen molar-refractivity contribution in [2.24, 2.45) is 0 Å². The Morgan fingerprint density at radius 3 is 2.12 bits per heavy atom. The Bertz CT molecular complexity index is 384. The third-order valence-corrected chi connectivity index (χ3v) is 3.79. The van der Waals surface area contributed by atoms with Gasteiger partial charge in [-0.05, 0) is 6.42 Å². The van der Waals surface area contributed by atoms with E-state index in [1.807, 2.05) is 0 Å². The van der Waals surface area contributed by atoms with Crippen LogP contribution in [0.15, 0.2) is 0 Å². The van der Waals surface area contributed by atoms with E-state index < -0.39 is 35.8 Å². The van der Waals surface area contributed by atoms with Crippen LogP contribution in [0.3, 0.4) is 0 Å². The Morgan fingerprint density at radius 2 is 1.50 bits per heavy atom. The summed E-state index contributed by atoms with van der Waals surface area (Å²) in [6, 6.07) is 0. The van der Waals surface area contributed by atoms with Gasteiger partial charge in [-0.2, -0.15) is 8.78 Å². The van der Waals surface area contributed by atoms with Crippen LogP contribution in [-0.2, 0) is 33.3 Å². The molecule has 0 radical (unpaired) electrons. The van der Waals surface area contributed by atoms with E-state index in [0.29, 0.717) is 0 Å². The monoisotopic (exact) mass is 402 g/mol. The minimum absolute atomic E-state index is 0.261. The lowest BCUT2D eigenvalue weighted by Crippen LogP contribution is -2.29. The molecule has 0 aromatic heterocycles. The highest BCUT2D eigenvalue weighted by Gasteiger charge is 2.44. The van der Waals surface area contributed by atoms with Gasteiger partial charge in [-0.25, -0.2) is 9.68 Å². The first-order valence-corrected chi connectivity index (χ1v) is 9.44. The van der Waals surface area contributed by atoms with E-state index in [1.54, 1.807) is 0 Å². The van der Waals surface area contributed by atoms with Crippen LogP contribution in [0.2, 0.25) is 0 Å². The van der Waals surface area contributed by atoms with Crippen LogP contribution in [0, 0.1) is 0 Å². The number of carbonyl (C=O) groups excluding carboxylic acids is 2. The highest BCUT2D eigenvalue weighted by Crippen LogP contribution is 2.31. The lowest BCUT2D eigenvalue weighted by atomic mass is 10.1. The number of esters is 2. The summed E-state index contributed by atoms with van der Waals surface area (Å²) in [7, 11) is 1.04. The first kappa shape index (κ1) is 25.0. The first-order valence-electron chi connectivity index (χ1n) is 8.69. The largest absolute Gasteiger partial charge is 0.462 e. The van der Waals surface area contributed by atoms with E-state index in [1.165, 1.54) is 25.7 Å². The average molecular weight is 402 g/mol. The van der Waals surface area contributed by atoms with Crippen molar-refractivity contribution in [3.05, 3.63) is 0 Å². The molecule has 0 fully saturated rings. The SMILES string of the molecule is CCCCCCCCCCC(=O)OCCOC(=O)C(F)(F)SOOOC. The summed E-state index contributed by atoms with van der Waals surface area (Å²) >= 11 is -0.565. The molecule has 0 heterocycles. The third kappa shape index (κ3) is 14.2. The molecule has 154 valence electrons. The smallest absolute Gasteiger partial charge is 0.415 e. The topological polar surface area (TPSA) is 80.3 Å². The summed E-state index contributed by atoms with van der Waals surface area (Å²) in [5.74, 6) is -2.27. The van der Waals surface area contributed by atoms with Crippen molar-refractivity contribution in [1.29, 1.82) is 0 Å². The van der Waals surface area contributed by atoms with Gasteiger partial charge in [0.25, 0.3) is 0 Å². The molecule has 0 saturated heterocycles. The second kappa shape index (κ2) is 16.2. The fourth-order valence-electron chi connectivity index (χ4n) is 1.97. The Labute approximate surface area is 157 Å². The molecule has 0 rings (SSSR count). The predicted octanol–water partition coefficient (Wildman–Crippen LogP) is 4.35. The Kier molecular flexibility index (Phi) is 15.6. The Balaban J connectivity index is 3.59. The van der Waals surface area contributed by atoms with E-state index in [0.717, 1.165) is 32.8 Å². The van der Waals surface area contributed by atoms with Crippen molar-refractivity contribution < 1.29 is 42.1 Å². The molecule has 0 amide bonds. The molecule has 0 aliphatic heterocycles. The molecule has 0 saturated carbocycles. The molecule has 10 heteroatoms. The van der Waals surface area contributed by atoms with E-state index in [-0.39, 0.29) is 13.0 Å². The summed E-state index contributed by atoms with van der Waals surface area (Å²) in [6.07, 6.45) is 9.11. The van der Waals surface area contributed by atoms with Crippen molar-refractivity contribution in [3.63, 3.8) is 0 Å². The average Bonchev–Trinajstić information content (AvgIpc) is 2.60. The molecule has 26 heavy (non-hydrogen) atoms. The number of halogens is 2. The van der Waals surface area contributed by atoms with Crippen molar-refractivity contribution in [1.82, 2.24) is 0 Å². The molecule has 0 atom stereocenters. The van der Waals surface area contributed by atoms with E-state index in [2.05, 4.69) is 25.9 Å². The van der Waals surface area contributed by atoms with Crippen LogP contribution < -0.4 is 0 Å². The number of hydrogen-bond donors (Lipinski definition) is 0. The zero-order chi connectivity index (χ0) is 19.7. The minimum Gasteiger partial charge on any atom is -0.462 e. The second-order valence-electron chi connectivity index (χ2n) is 5.48. The number of ether oxygens (including phenoxy) is 2. The molecule has 0 unspecified atom stereocenters. The molecule has 0 aliphatic rings. The predicted molar refractivity (Wildman–Crippen MR) is 90.9 cm³/mol. The van der Waals surface area contributed by atoms with Gasteiger partial charge in [0, 0.05) is 6.42 Å². The Hall–Kier alpha value is -0.970. The zero-order valence-corrected chi connectivity index (χ0v) is 16.1. The van der Waals surface area contributed by atoms with Crippen molar-refractivity contribution in [3.8, 4) is 0 Å². The maximum absolute atomic E-state index is 13.2. The third-order valence-electron chi connectivity index (χ3n) is 3.29. The molecule has 0 aromatic rings. The van der Waals surface area contributed by atoms with Gasteiger partial charge in [0.1, 0.15) is 25.3 Å². The van der Waals surface area contributed by atoms with Gasteiger partial charge < -0.3 is 9.47 Å². The van der Waals surface area contributed by atoms with Crippen LogP contribution in [0.4, 0.5) is 8.78 Å². The van der Waals surface area contributed by atoms with Crippen molar-refractivity contribution in [2.75, 3.05) is 20.3 Å². The van der Waals surface area contributed by atoms with Crippen molar-refractivity contribution >= 4 is 24.0 Å². The highest BCUT2D eigenvalue weighted by atomic mass is 32.2. The number of rotatable bonds is 17. The standard InChI is InChI=1S/C16H28F2O7S/c1-3-4-5-6-7-8-9-10-11-14(19)22-12-13-23-15(20)16(17,18)26-25-24-21-2/h3-13H2,1-2H3. The van der Waals surface area contributed by atoms with Gasteiger partial charge in [-0.3, -0.25) is 4.79 Å². The van der Waals surface area contributed by atoms with E-state index in [9.17, 15) is 18.4 Å². The normalized spacial score (nSPS) is 11.4. The van der Waals surface area contributed by atoms with Gasteiger partial charge >= 0.3 is 17.2 Å². The number of carbonyl (C=O) groups is 2. The summed E-state index contributed by atoms with van der Waals surface area (Å²) in [5, 5.41) is -0.211. The molecule has 0 aromatic carbocycles. The lowest BCUT2D eigenvalue weighted by molar-refractivity contribution is -0.448. The molecule has 0 aliphatic carbocycles. The van der Waals surface area contributed by atoms with Crippen LogP contribution in [-0.4, -0.2) is 37.5 Å². The number of hydrogen-bond acceptors (Lipinski definition) is 8. The van der Waals surface area contributed by atoms with Gasteiger partial charge in [0.05, 0.1) is 7.11 Å². The highest BCUT2D eigenvalue weighted by molar-refractivity contribution is 7.96. The molecular weight excluding hydrogens is 374 g/mol. The molecular formula is C16H28F2O7S. The molecule has 0 bridgehead atoms. The van der Waals surface area contributed by atoms with Crippen LogP contribution in [0.5, 0.6) is 0 Å². The van der Waals surface area contributed by atoms with Crippen LogP contribution >= 0.6 is 12.0 Å². The molecule has 7 nitrogen and oxygen atoms in total. The molecule has 0 spiro atoms. The summed E-state index contributed by atoms with van der Waals surface area (Å²) < 4.78 is 39.4. The fourth-order valence-corrected chi connectivity index (χ4v) is 2.26. The first-order chi connectivity index (χ1) is 12.4. The maximum atomic E-state index is 13.2. The second-order valence-corrected chi connectivity index (χ2v) is 6.30. The number of alkyl halides is 2. The number of unbranched alkanes of at least 4 members (excludes halogenated alkanes) is 7. The zero-order valence-electron chi connectivity index (χ0n) is 15.3. The van der Waals surface area contributed by atoms with Gasteiger partial charge in [0.15, 0.2) is 0 Å². The quantitative estimate of drug-likeness (QED) is 0.117. The summed E-state index contributed by atoms with van der Waals surface area (Å²) in [4.78, 5) is 26.5. The molecule has 0 N–H and O–H groups in total. The van der Waals surface area contributed by atoms with Gasteiger partial charge in [-0.15, -0.1) is 4.33 Å². The maximum Gasteiger partial charge on any atom is 0.415 e. The summed E-state index contributed by atoms with van der Waals surface area (Å²) in [6.45, 7) is 1.42. The van der Waals surface area contributed by atoms with Gasteiger partial charge in [0.2, 0.25) is 0 Å². The lowest BCUT2D eigenvalue weighted by Gasteiger charge is -2.12. The Morgan fingerprint density at radius 1 is 0.923 bits per heavy atom. The van der Waals surface area contributed by atoms with E-state index in [4.69, 9.17) is 4.74 Å². The summed E-state index contributed by atoms with van der Waals surface area (Å²) in [5.41, 5.74) is 0. The van der Waals surface area contributed by atoms with Crippen LogP contribution in [0.25, 0.3) is 0 Å². The van der Waals surface area contributed by atoms with Crippen LogP contribution in [0.1, 0.15) is 64.7 Å². The fraction of sp³-hybridized carbons (Fsp3) is 0.875. The minimum atomic E-state index is -3.97. The van der Waals surface area contributed by atoms with E-state index >= 15 is 0 Å². The van der Waals surface area contributed by atoms with Crippen molar-refractivity contribution in [2.45, 2.75) is 70.0 Å².